The lowest BCUT2D eigenvalue weighted by Crippen LogP contribution is -2.55. The average Bonchev–Trinajstić information content (AvgIpc) is 2.82. The molecule has 2 saturated heterocycles. The van der Waals surface area contributed by atoms with Crippen LogP contribution in [0.4, 0.5) is 0 Å². The smallest absolute Gasteiger partial charge is 0.129 e. The zero-order valence-corrected chi connectivity index (χ0v) is 18.7. The largest absolute Gasteiger partial charge is 0.488 e. The zero-order valence-electron chi connectivity index (χ0n) is 18.0. The van der Waals surface area contributed by atoms with Crippen LogP contribution in [-0.2, 0) is 15.9 Å². The topological polar surface area (TPSA) is 129 Å². The maximum Gasteiger partial charge on any atom is 0.129 e. The normalized spacial score (nSPS) is 32.5. The number of rotatable bonds is 6. The van der Waals surface area contributed by atoms with E-state index in [4.69, 9.17) is 25.8 Å². The van der Waals surface area contributed by atoms with Gasteiger partial charge in [0.1, 0.15) is 48.5 Å². The van der Waals surface area contributed by atoms with Gasteiger partial charge in [-0.1, -0.05) is 35.9 Å². The summed E-state index contributed by atoms with van der Waals surface area (Å²) in [4.78, 5) is 0. The Morgan fingerprint density at radius 2 is 1.73 bits per heavy atom. The lowest BCUT2D eigenvalue weighted by atomic mass is 9.90. The first-order chi connectivity index (χ1) is 15.9. The van der Waals surface area contributed by atoms with E-state index in [2.05, 4.69) is 0 Å². The standard InChI is InChI=1S/C24H29ClO8/c25-17-6-3-14(24-23(30)22(29)21(28)20(11-26)33-24)10-15(17)9-13-1-4-16(5-2-13)32-19-7-8-31-12-18(19)27/h1-6,10,18-24,26-30H,7-9,11-12H2/t18?,19?,20-,21-,22+,23-,24+/m1/s1. The van der Waals surface area contributed by atoms with Crippen molar-refractivity contribution in [3.8, 4) is 5.75 Å². The highest BCUT2D eigenvalue weighted by molar-refractivity contribution is 6.31. The minimum Gasteiger partial charge on any atom is -0.488 e. The second-order valence-electron chi connectivity index (χ2n) is 8.51. The van der Waals surface area contributed by atoms with Gasteiger partial charge in [0.25, 0.3) is 0 Å². The van der Waals surface area contributed by atoms with E-state index in [0.717, 1.165) is 11.1 Å². The van der Waals surface area contributed by atoms with Gasteiger partial charge in [-0.25, -0.2) is 0 Å². The molecule has 0 amide bonds. The minimum atomic E-state index is -1.44. The number of aliphatic hydroxyl groups excluding tert-OH is 5. The van der Waals surface area contributed by atoms with Gasteiger partial charge in [0.15, 0.2) is 0 Å². The summed E-state index contributed by atoms with van der Waals surface area (Å²) in [5.74, 6) is 0.658. The van der Waals surface area contributed by atoms with Crippen molar-refractivity contribution in [2.24, 2.45) is 0 Å². The third kappa shape index (κ3) is 5.50. The first-order valence-corrected chi connectivity index (χ1v) is 11.4. The van der Waals surface area contributed by atoms with Crippen LogP contribution in [0.1, 0.15) is 29.2 Å². The number of ether oxygens (including phenoxy) is 3. The summed E-state index contributed by atoms with van der Waals surface area (Å²) in [7, 11) is 0. The van der Waals surface area contributed by atoms with Gasteiger partial charge < -0.3 is 39.7 Å². The van der Waals surface area contributed by atoms with E-state index in [1.807, 2.05) is 24.3 Å². The van der Waals surface area contributed by atoms with Crippen molar-refractivity contribution in [2.75, 3.05) is 19.8 Å². The van der Waals surface area contributed by atoms with E-state index < -0.39 is 43.2 Å². The third-order valence-corrected chi connectivity index (χ3v) is 6.53. The molecule has 0 aliphatic carbocycles. The fourth-order valence-corrected chi connectivity index (χ4v) is 4.39. The first-order valence-electron chi connectivity index (χ1n) is 11.0. The minimum absolute atomic E-state index is 0.270. The number of hydrogen-bond donors (Lipinski definition) is 5. The summed E-state index contributed by atoms with van der Waals surface area (Å²) in [5, 5.41) is 50.5. The molecule has 4 rings (SSSR count). The van der Waals surface area contributed by atoms with Gasteiger partial charge in [0.2, 0.25) is 0 Å². The van der Waals surface area contributed by atoms with Crippen LogP contribution in [0.15, 0.2) is 42.5 Å². The zero-order chi connectivity index (χ0) is 23.5. The predicted octanol–water partition coefficient (Wildman–Crippen LogP) is 0.974. The Morgan fingerprint density at radius 3 is 2.42 bits per heavy atom. The summed E-state index contributed by atoms with van der Waals surface area (Å²) < 4.78 is 16.8. The Kier molecular flexibility index (Phi) is 7.88. The molecule has 180 valence electrons. The van der Waals surface area contributed by atoms with Crippen molar-refractivity contribution >= 4 is 11.6 Å². The molecule has 2 aromatic carbocycles. The second kappa shape index (κ2) is 10.7. The van der Waals surface area contributed by atoms with Crippen LogP contribution in [0.25, 0.3) is 0 Å². The second-order valence-corrected chi connectivity index (χ2v) is 8.92. The molecule has 0 bridgehead atoms. The molecule has 2 heterocycles. The van der Waals surface area contributed by atoms with Crippen molar-refractivity contribution in [3.63, 3.8) is 0 Å². The Morgan fingerprint density at radius 1 is 0.970 bits per heavy atom. The fourth-order valence-electron chi connectivity index (χ4n) is 4.21. The van der Waals surface area contributed by atoms with Gasteiger partial charge in [0.05, 0.1) is 19.8 Å². The molecule has 2 fully saturated rings. The van der Waals surface area contributed by atoms with Gasteiger partial charge >= 0.3 is 0 Å². The fraction of sp³-hybridized carbons (Fsp3) is 0.500. The van der Waals surface area contributed by atoms with Crippen molar-refractivity contribution in [1.29, 1.82) is 0 Å². The van der Waals surface area contributed by atoms with E-state index >= 15 is 0 Å². The molecule has 0 spiro atoms. The highest BCUT2D eigenvalue weighted by atomic mass is 35.5. The highest BCUT2D eigenvalue weighted by Crippen LogP contribution is 2.34. The van der Waals surface area contributed by atoms with Crippen LogP contribution in [0.3, 0.4) is 0 Å². The first kappa shape index (κ1) is 24.4. The molecule has 0 saturated carbocycles. The van der Waals surface area contributed by atoms with E-state index in [1.165, 1.54) is 0 Å². The van der Waals surface area contributed by atoms with Crippen LogP contribution in [0.2, 0.25) is 5.02 Å². The van der Waals surface area contributed by atoms with Crippen molar-refractivity contribution in [1.82, 2.24) is 0 Å². The van der Waals surface area contributed by atoms with E-state index in [1.54, 1.807) is 18.2 Å². The van der Waals surface area contributed by atoms with Crippen LogP contribution >= 0.6 is 11.6 Å². The number of benzene rings is 2. The molecule has 9 heteroatoms. The highest BCUT2D eigenvalue weighted by Gasteiger charge is 2.44. The molecule has 33 heavy (non-hydrogen) atoms. The van der Waals surface area contributed by atoms with Gasteiger partial charge in [0, 0.05) is 11.4 Å². The average molecular weight is 481 g/mol. The van der Waals surface area contributed by atoms with Crippen LogP contribution < -0.4 is 4.74 Å². The molecule has 0 aromatic heterocycles. The quantitative estimate of drug-likeness (QED) is 0.414. The third-order valence-electron chi connectivity index (χ3n) is 6.16. The van der Waals surface area contributed by atoms with Crippen molar-refractivity contribution < 1.29 is 39.7 Å². The van der Waals surface area contributed by atoms with Gasteiger partial charge in [-0.3, -0.25) is 0 Å². The van der Waals surface area contributed by atoms with Crippen molar-refractivity contribution in [3.05, 3.63) is 64.2 Å². The van der Waals surface area contributed by atoms with E-state index in [9.17, 15) is 25.5 Å². The van der Waals surface area contributed by atoms with Crippen LogP contribution in [0.5, 0.6) is 5.75 Å². The lowest BCUT2D eigenvalue weighted by molar-refractivity contribution is -0.231. The lowest BCUT2D eigenvalue weighted by Gasteiger charge is -2.40. The Hall–Kier alpha value is -1.75. The van der Waals surface area contributed by atoms with E-state index in [0.29, 0.717) is 35.8 Å². The number of hydrogen-bond acceptors (Lipinski definition) is 8. The molecule has 7 atom stereocenters. The molecule has 8 nitrogen and oxygen atoms in total. The maximum atomic E-state index is 10.4. The molecule has 0 radical (unpaired) electrons. The Bertz CT molecular complexity index is 921. The van der Waals surface area contributed by atoms with Crippen molar-refractivity contribution in [2.45, 2.75) is 55.6 Å². The van der Waals surface area contributed by atoms with Crippen LogP contribution in [0, 0.1) is 0 Å². The van der Waals surface area contributed by atoms with Crippen LogP contribution in [-0.4, -0.2) is 82.0 Å². The van der Waals surface area contributed by atoms with Gasteiger partial charge in [-0.15, -0.1) is 0 Å². The molecule has 2 aliphatic rings. The molecule has 2 aromatic rings. The Labute approximate surface area is 196 Å². The molecule has 5 N–H and O–H groups in total. The summed E-state index contributed by atoms with van der Waals surface area (Å²) in [6, 6.07) is 12.7. The Balaban J connectivity index is 1.47. The maximum absolute atomic E-state index is 10.4. The number of halogens is 1. The van der Waals surface area contributed by atoms with Gasteiger partial charge in [-0.2, -0.15) is 0 Å². The summed E-state index contributed by atoms with van der Waals surface area (Å²) in [5.41, 5.74) is 2.35. The summed E-state index contributed by atoms with van der Waals surface area (Å²) in [6.07, 6.45) is -5.91. The molecular formula is C24H29ClO8. The molecular weight excluding hydrogens is 452 g/mol. The summed E-state index contributed by atoms with van der Waals surface area (Å²) >= 11 is 6.41. The molecule has 2 aliphatic heterocycles. The number of aliphatic hydroxyl groups is 5. The summed E-state index contributed by atoms with van der Waals surface area (Å²) in [6.45, 7) is 0.344. The molecule has 2 unspecified atom stereocenters. The predicted molar refractivity (Wildman–Crippen MR) is 119 cm³/mol. The SMILES string of the molecule is OC[C@H]1O[C@@H](c2ccc(Cl)c(Cc3ccc(OC4CCOCC4O)cc3)c2)[C@H](O)[C@@H](O)[C@@H]1O. The van der Waals surface area contributed by atoms with E-state index in [-0.39, 0.29) is 12.7 Å². The van der Waals surface area contributed by atoms with Gasteiger partial charge in [-0.05, 0) is 41.3 Å². The monoisotopic (exact) mass is 480 g/mol.